The van der Waals surface area contributed by atoms with Gasteiger partial charge in [-0.05, 0) is 55.3 Å². The second kappa shape index (κ2) is 8.38. The molecule has 0 saturated heterocycles. The van der Waals surface area contributed by atoms with Gasteiger partial charge in [0.25, 0.3) is 0 Å². The molecule has 2 amide bonds. The average molecular weight is 420 g/mol. The number of aryl methyl sites for hydroxylation is 2. The number of rotatable bonds is 5. The Hall–Kier alpha value is -3.65. The van der Waals surface area contributed by atoms with Crippen LogP contribution < -0.4 is 20.1 Å². The van der Waals surface area contributed by atoms with Crippen molar-refractivity contribution in [1.29, 1.82) is 0 Å². The lowest BCUT2D eigenvalue weighted by Gasteiger charge is -2.13. The second-order valence-corrected chi connectivity index (χ2v) is 7.54. The van der Waals surface area contributed by atoms with Crippen LogP contribution in [0.3, 0.4) is 0 Å². The molecule has 2 heterocycles. The maximum Gasteiger partial charge on any atom is 0.325 e. The minimum Gasteiger partial charge on any atom is -0.496 e. The van der Waals surface area contributed by atoms with E-state index in [1.54, 1.807) is 24.9 Å². The first-order valence-corrected chi connectivity index (χ1v) is 10.1. The minimum atomic E-state index is -0.341. The molecule has 0 bridgehead atoms. The molecule has 0 saturated carbocycles. The molecule has 152 valence electrons. The van der Waals surface area contributed by atoms with Crippen molar-refractivity contribution in [3.05, 3.63) is 65.3 Å². The molecule has 0 unspecified atom stereocenters. The molecule has 0 spiro atoms. The molecule has 30 heavy (non-hydrogen) atoms. The van der Waals surface area contributed by atoms with Gasteiger partial charge in [-0.1, -0.05) is 0 Å². The number of fused-ring (bicyclic) bond motifs is 1. The molecule has 4 rings (SSSR count). The topological polar surface area (TPSA) is 85.4 Å². The number of anilines is 2. The van der Waals surface area contributed by atoms with Crippen molar-refractivity contribution in [3.8, 4) is 17.2 Å². The van der Waals surface area contributed by atoms with Crippen LogP contribution in [-0.4, -0.2) is 23.1 Å². The van der Waals surface area contributed by atoms with Crippen LogP contribution in [0.2, 0.25) is 0 Å². The van der Waals surface area contributed by atoms with E-state index in [2.05, 4.69) is 20.6 Å². The molecule has 2 N–H and O–H groups in total. The summed E-state index contributed by atoms with van der Waals surface area (Å²) in [6.45, 7) is 3.89. The fourth-order valence-electron chi connectivity index (χ4n) is 3.07. The number of carbonyl (C=O) groups excluding carboxylic acids is 1. The first kappa shape index (κ1) is 19.7. The Labute approximate surface area is 177 Å². The van der Waals surface area contributed by atoms with Gasteiger partial charge in [-0.15, -0.1) is 11.3 Å². The van der Waals surface area contributed by atoms with E-state index >= 15 is 0 Å². The Kier molecular flexibility index (Phi) is 5.49. The zero-order valence-corrected chi connectivity index (χ0v) is 17.5. The van der Waals surface area contributed by atoms with Gasteiger partial charge < -0.3 is 14.8 Å². The second-order valence-electron chi connectivity index (χ2n) is 6.64. The fraction of sp³-hybridized carbons (Fsp3) is 0.136. The zero-order valence-electron chi connectivity index (χ0n) is 16.7. The van der Waals surface area contributed by atoms with Crippen LogP contribution >= 0.6 is 11.3 Å². The number of nitrogens with zero attached hydrogens (tertiary/aromatic N) is 2. The lowest BCUT2D eigenvalue weighted by molar-refractivity contribution is 0.262. The maximum atomic E-state index is 12.1. The summed E-state index contributed by atoms with van der Waals surface area (Å²) in [6, 6.07) is 10.9. The Morgan fingerprint density at radius 2 is 1.83 bits per heavy atom. The molecule has 0 aliphatic carbocycles. The van der Waals surface area contributed by atoms with Crippen molar-refractivity contribution >= 4 is 39.1 Å². The predicted molar refractivity (Wildman–Crippen MR) is 119 cm³/mol. The van der Waals surface area contributed by atoms with Crippen molar-refractivity contribution in [2.45, 2.75) is 13.8 Å². The molecule has 7 nitrogen and oxygen atoms in total. The van der Waals surface area contributed by atoms with E-state index < -0.39 is 0 Å². The van der Waals surface area contributed by atoms with Crippen LogP contribution in [0.5, 0.6) is 17.2 Å². The van der Waals surface area contributed by atoms with Gasteiger partial charge in [0.1, 0.15) is 17.2 Å². The number of thiazole rings is 1. The van der Waals surface area contributed by atoms with E-state index in [9.17, 15) is 4.79 Å². The lowest BCUT2D eigenvalue weighted by Crippen LogP contribution is -2.19. The van der Waals surface area contributed by atoms with Gasteiger partial charge in [-0.25, -0.2) is 9.78 Å². The zero-order chi connectivity index (χ0) is 21.1. The Bertz CT molecular complexity index is 1210. The molecule has 4 aromatic rings. The number of hydrogen-bond acceptors (Lipinski definition) is 6. The number of amides is 2. The molecule has 2 aromatic heterocycles. The van der Waals surface area contributed by atoms with E-state index in [1.807, 2.05) is 50.2 Å². The smallest absolute Gasteiger partial charge is 0.325 e. The summed E-state index contributed by atoms with van der Waals surface area (Å²) in [4.78, 5) is 20.6. The molecule has 0 aliphatic rings. The minimum absolute atomic E-state index is 0.341. The number of nitrogens with one attached hydrogen (secondary N) is 2. The highest BCUT2D eigenvalue weighted by Gasteiger charge is 2.11. The Morgan fingerprint density at radius 3 is 2.57 bits per heavy atom. The van der Waals surface area contributed by atoms with Crippen LogP contribution in [0.25, 0.3) is 10.9 Å². The number of carbonyl (C=O) groups is 1. The van der Waals surface area contributed by atoms with Gasteiger partial charge in [-0.2, -0.15) is 0 Å². The Morgan fingerprint density at radius 1 is 0.967 bits per heavy atom. The predicted octanol–water partition coefficient (Wildman–Crippen LogP) is 5.75. The highest BCUT2D eigenvalue weighted by atomic mass is 32.1. The molecule has 0 atom stereocenters. The van der Waals surface area contributed by atoms with Gasteiger partial charge in [-0.3, -0.25) is 10.3 Å². The standard InChI is InChI=1S/C22H20N4O3S/c1-13-10-15(4-5-17(13)25-21(27)26-22-24-8-9-30-22)29-19-6-7-23-18-12-20(28-3)14(2)11-16(18)19/h4-12H,1-3H3,(H2,24,25,26,27). The normalized spacial score (nSPS) is 10.6. The largest absolute Gasteiger partial charge is 0.496 e. The number of methoxy groups -OCH3 is 1. The third-order valence-electron chi connectivity index (χ3n) is 4.54. The molecule has 0 aliphatic heterocycles. The quantitative estimate of drug-likeness (QED) is 0.429. The molecule has 2 aromatic carbocycles. The highest BCUT2D eigenvalue weighted by molar-refractivity contribution is 7.13. The first-order chi connectivity index (χ1) is 14.5. The summed E-state index contributed by atoms with van der Waals surface area (Å²) >= 11 is 1.36. The van der Waals surface area contributed by atoms with E-state index in [0.29, 0.717) is 22.3 Å². The summed E-state index contributed by atoms with van der Waals surface area (Å²) in [5.74, 6) is 2.15. The fourth-order valence-corrected chi connectivity index (χ4v) is 3.59. The van der Waals surface area contributed by atoms with E-state index in [1.165, 1.54) is 11.3 Å². The monoisotopic (exact) mass is 420 g/mol. The summed E-state index contributed by atoms with van der Waals surface area (Å²) in [5.41, 5.74) is 3.36. The summed E-state index contributed by atoms with van der Waals surface area (Å²) in [6.07, 6.45) is 3.34. The van der Waals surface area contributed by atoms with Crippen LogP contribution in [0.15, 0.2) is 54.2 Å². The van der Waals surface area contributed by atoms with Gasteiger partial charge in [0, 0.05) is 34.9 Å². The number of urea groups is 1. The summed E-state index contributed by atoms with van der Waals surface area (Å²) in [5, 5.41) is 8.77. The number of aromatic nitrogens is 2. The third kappa shape index (κ3) is 4.18. The van der Waals surface area contributed by atoms with Gasteiger partial charge in [0.15, 0.2) is 5.13 Å². The average Bonchev–Trinajstić information content (AvgIpc) is 3.23. The third-order valence-corrected chi connectivity index (χ3v) is 5.23. The SMILES string of the molecule is COc1cc2nccc(Oc3ccc(NC(=O)Nc4nccs4)c(C)c3)c2cc1C. The van der Waals surface area contributed by atoms with E-state index in [-0.39, 0.29) is 6.03 Å². The van der Waals surface area contributed by atoms with Crippen molar-refractivity contribution in [3.63, 3.8) is 0 Å². The first-order valence-electron chi connectivity index (χ1n) is 9.23. The summed E-state index contributed by atoms with van der Waals surface area (Å²) < 4.78 is 11.5. The van der Waals surface area contributed by atoms with Crippen molar-refractivity contribution < 1.29 is 14.3 Å². The maximum absolute atomic E-state index is 12.1. The highest BCUT2D eigenvalue weighted by Crippen LogP contribution is 2.33. The van der Waals surface area contributed by atoms with Crippen molar-refractivity contribution in [1.82, 2.24) is 9.97 Å². The van der Waals surface area contributed by atoms with Gasteiger partial charge >= 0.3 is 6.03 Å². The number of hydrogen-bond donors (Lipinski definition) is 2. The van der Waals surface area contributed by atoms with Crippen LogP contribution in [0.4, 0.5) is 15.6 Å². The van der Waals surface area contributed by atoms with E-state index in [0.717, 1.165) is 27.8 Å². The number of ether oxygens (including phenoxy) is 2. The van der Waals surface area contributed by atoms with E-state index in [4.69, 9.17) is 9.47 Å². The van der Waals surface area contributed by atoms with Crippen LogP contribution in [0.1, 0.15) is 11.1 Å². The van der Waals surface area contributed by atoms with Crippen molar-refractivity contribution in [2.75, 3.05) is 17.7 Å². The molecule has 0 radical (unpaired) electrons. The van der Waals surface area contributed by atoms with Crippen LogP contribution in [0, 0.1) is 13.8 Å². The number of benzene rings is 2. The molecule has 0 fully saturated rings. The Balaban J connectivity index is 1.54. The molecule has 8 heteroatoms. The lowest BCUT2D eigenvalue weighted by atomic mass is 10.1. The van der Waals surface area contributed by atoms with Crippen LogP contribution in [-0.2, 0) is 0 Å². The number of pyridine rings is 1. The van der Waals surface area contributed by atoms with Gasteiger partial charge in [0.2, 0.25) is 0 Å². The molecular weight excluding hydrogens is 400 g/mol. The molecular formula is C22H20N4O3S. The van der Waals surface area contributed by atoms with Crippen molar-refractivity contribution in [2.24, 2.45) is 0 Å². The summed E-state index contributed by atoms with van der Waals surface area (Å²) in [7, 11) is 1.64. The van der Waals surface area contributed by atoms with Gasteiger partial charge in [0.05, 0.1) is 12.6 Å².